The average Bonchev–Trinajstić information content (AvgIpc) is 3.29. The predicted octanol–water partition coefficient (Wildman–Crippen LogP) is 1.87. The summed E-state index contributed by atoms with van der Waals surface area (Å²) in [5.74, 6) is -0.732. The van der Waals surface area contributed by atoms with Crippen LogP contribution in [0, 0.1) is 5.82 Å². The van der Waals surface area contributed by atoms with Crippen molar-refractivity contribution in [2.24, 2.45) is 0 Å². The molecule has 0 fully saturated rings. The van der Waals surface area contributed by atoms with Gasteiger partial charge in [0.15, 0.2) is 0 Å². The summed E-state index contributed by atoms with van der Waals surface area (Å²) >= 11 is 0. The fourth-order valence-corrected chi connectivity index (χ4v) is 4.76. The van der Waals surface area contributed by atoms with Gasteiger partial charge in [-0.05, 0) is 66.1 Å². The van der Waals surface area contributed by atoms with E-state index in [0.717, 1.165) is 4.31 Å². The number of aromatic nitrogens is 5. The van der Waals surface area contributed by atoms with Crippen molar-refractivity contribution in [1.29, 1.82) is 0 Å². The molecule has 180 valence electrons. The number of nitrogens with zero attached hydrogens (tertiary/aromatic N) is 7. The number of amides is 1. The Kier molecular flexibility index (Phi) is 6.43. The molecule has 3 heterocycles. The summed E-state index contributed by atoms with van der Waals surface area (Å²) in [4.78, 5) is 17.3. The number of carbonyl (C=O) groups excluding carboxylic acids is 1. The highest BCUT2D eigenvalue weighted by molar-refractivity contribution is 7.86. The van der Waals surface area contributed by atoms with Gasteiger partial charge >= 0.3 is 0 Å². The molecule has 34 heavy (non-hydrogen) atoms. The van der Waals surface area contributed by atoms with Crippen molar-refractivity contribution in [3.05, 3.63) is 52.8 Å². The zero-order valence-corrected chi connectivity index (χ0v) is 20.0. The number of tetrazole rings is 1. The zero-order valence-electron chi connectivity index (χ0n) is 19.2. The molecule has 1 aromatic carbocycles. The Morgan fingerprint density at radius 1 is 1.21 bits per heavy atom. The maximum Gasteiger partial charge on any atom is 0.281 e. The summed E-state index contributed by atoms with van der Waals surface area (Å²) in [6, 6.07) is 7.67. The molecule has 0 saturated heterocycles. The number of benzene rings is 1. The van der Waals surface area contributed by atoms with Crippen molar-refractivity contribution >= 4 is 21.9 Å². The van der Waals surface area contributed by atoms with Gasteiger partial charge in [-0.3, -0.25) is 4.79 Å². The number of rotatable bonds is 6. The number of pyridine rings is 1. The molecule has 11 nitrogen and oxygen atoms in total. The van der Waals surface area contributed by atoms with Crippen molar-refractivity contribution in [3.8, 4) is 11.5 Å². The van der Waals surface area contributed by atoms with Crippen LogP contribution in [0.1, 0.15) is 41.4 Å². The van der Waals surface area contributed by atoms with Crippen LogP contribution in [0.4, 0.5) is 10.2 Å². The number of carbonyl (C=O) groups is 1. The van der Waals surface area contributed by atoms with Crippen molar-refractivity contribution in [1.82, 2.24) is 33.8 Å². The lowest BCUT2D eigenvalue weighted by Gasteiger charge is -2.30. The fourth-order valence-electron chi connectivity index (χ4n) is 3.68. The second-order valence-corrected chi connectivity index (χ2v) is 10.5. The molecular weight excluding hydrogens is 463 g/mol. The van der Waals surface area contributed by atoms with Crippen molar-refractivity contribution in [2.75, 3.05) is 26.0 Å². The number of hydrogen-bond acceptors (Lipinski definition) is 7. The van der Waals surface area contributed by atoms with Gasteiger partial charge in [0, 0.05) is 27.2 Å². The maximum atomic E-state index is 14.8. The molecule has 0 unspecified atom stereocenters. The molecule has 0 atom stereocenters. The Morgan fingerprint density at radius 3 is 2.68 bits per heavy atom. The van der Waals surface area contributed by atoms with E-state index in [0.29, 0.717) is 29.1 Å². The lowest BCUT2D eigenvalue weighted by molar-refractivity contribution is 0.102. The van der Waals surface area contributed by atoms with Crippen LogP contribution in [0.2, 0.25) is 0 Å². The van der Waals surface area contributed by atoms with Gasteiger partial charge < -0.3 is 5.32 Å². The predicted molar refractivity (Wildman–Crippen MR) is 123 cm³/mol. The van der Waals surface area contributed by atoms with Crippen LogP contribution in [-0.2, 0) is 23.2 Å². The van der Waals surface area contributed by atoms with Crippen molar-refractivity contribution in [2.45, 2.75) is 32.9 Å². The number of nitrogens with one attached hydrogen (secondary N) is 1. The number of anilines is 1. The normalized spacial score (nSPS) is 14.4. The molecule has 0 spiro atoms. The quantitative estimate of drug-likeness (QED) is 0.561. The SMILES string of the molecule is CC(C)n1nnnc1-c1cccc(NC(=O)c2cc3c(cc2F)CCN(S(=O)(=O)N(C)C)C3)n1. The summed E-state index contributed by atoms with van der Waals surface area (Å²) in [6.07, 6.45) is 0.357. The first-order valence-electron chi connectivity index (χ1n) is 10.6. The van der Waals surface area contributed by atoms with E-state index in [4.69, 9.17) is 0 Å². The Labute approximate surface area is 196 Å². The zero-order chi connectivity index (χ0) is 24.6. The van der Waals surface area contributed by atoms with E-state index in [1.807, 2.05) is 13.8 Å². The highest BCUT2D eigenvalue weighted by atomic mass is 32.2. The van der Waals surface area contributed by atoms with Crippen LogP contribution in [0.3, 0.4) is 0 Å². The first kappa shape index (κ1) is 23.9. The van der Waals surface area contributed by atoms with Crippen LogP contribution in [0.5, 0.6) is 0 Å². The molecule has 0 radical (unpaired) electrons. The minimum Gasteiger partial charge on any atom is -0.306 e. The molecule has 3 aromatic rings. The third-order valence-electron chi connectivity index (χ3n) is 5.50. The average molecular weight is 489 g/mol. The summed E-state index contributed by atoms with van der Waals surface area (Å²) in [5, 5.41) is 14.2. The molecule has 0 saturated carbocycles. The van der Waals surface area contributed by atoms with Crippen molar-refractivity contribution in [3.63, 3.8) is 0 Å². The van der Waals surface area contributed by atoms with E-state index >= 15 is 0 Å². The number of halogens is 1. The van der Waals surface area contributed by atoms with Crippen LogP contribution in [-0.4, -0.2) is 68.8 Å². The molecule has 0 bridgehead atoms. The molecule has 1 aliphatic rings. The lowest BCUT2D eigenvalue weighted by atomic mass is 9.97. The summed E-state index contributed by atoms with van der Waals surface area (Å²) in [5.41, 5.74) is 1.52. The van der Waals surface area contributed by atoms with E-state index in [1.54, 1.807) is 22.9 Å². The molecule has 1 N–H and O–H groups in total. The van der Waals surface area contributed by atoms with Gasteiger partial charge in [0.05, 0.1) is 11.6 Å². The smallest absolute Gasteiger partial charge is 0.281 e. The minimum absolute atomic E-state index is 0.00511. The second-order valence-electron chi connectivity index (χ2n) is 8.38. The Morgan fingerprint density at radius 2 is 1.97 bits per heavy atom. The maximum absolute atomic E-state index is 14.8. The molecule has 0 aliphatic carbocycles. The van der Waals surface area contributed by atoms with E-state index in [1.165, 1.54) is 30.5 Å². The van der Waals surface area contributed by atoms with Gasteiger partial charge in [0.1, 0.15) is 17.3 Å². The van der Waals surface area contributed by atoms with E-state index < -0.39 is 21.9 Å². The summed E-state index contributed by atoms with van der Waals surface area (Å²) in [7, 11) is -0.719. The van der Waals surface area contributed by atoms with Crippen LogP contribution < -0.4 is 5.32 Å². The third kappa shape index (κ3) is 4.54. The standard InChI is InChI=1S/C21H25FN8O3S/c1-13(2)30-20(25-26-27-30)18-6-5-7-19(23-18)24-21(31)16-10-15-12-29(34(32,33)28(3)4)9-8-14(15)11-17(16)22/h5-7,10-11,13H,8-9,12H2,1-4H3,(H,23,24,31). The lowest BCUT2D eigenvalue weighted by Crippen LogP contribution is -2.42. The van der Waals surface area contributed by atoms with Gasteiger partial charge in [-0.2, -0.15) is 17.0 Å². The summed E-state index contributed by atoms with van der Waals surface area (Å²) < 4.78 is 43.8. The van der Waals surface area contributed by atoms with Gasteiger partial charge in [-0.1, -0.05) is 6.07 Å². The van der Waals surface area contributed by atoms with Gasteiger partial charge in [-0.15, -0.1) is 5.10 Å². The molecule has 1 aliphatic heterocycles. The largest absolute Gasteiger partial charge is 0.306 e. The number of fused-ring (bicyclic) bond motifs is 1. The van der Waals surface area contributed by atoms with Crippen molar-refractivity contribution < 1.29 is 17.6 Å². The van der Waals surface area contributed by atoms with Gasteiger partial charge in [-0.25, -0.2) is 14.1 Å². The van der Waals surface area contributed by atoms with Crippen LogP contribution in [0.25, 0.3) is 11.5 Å². The molecular formula is C21H25FN8O3S. The van der Waals surface area contributed by atoms with Gasteiger partial charge in [0.25, 0.3) is 16.1 Å². The second kappa shape index (κ2) is 9.16. The topological polar surface area (TPSA) is 126 Å². The van der Waals surface area contributed by atoms with Crippen LogP contribution >= 0.6 is 0 Å². The number of hydrogen-bond donors (Lipinski definition) is 1. The summed E-state index contributed by atoms with van der Waals surface area (Å²) in [6.45, 7) is 4.15. The monoisotopic (exact) mass is 488 g/mol. The van der Waals surface area contributed by atoms with E-state index in [-0.39, 0.29) is 30.5 Å². The first-order chi connectivity index (χ1) is 16.1. The van der Waals surface area contributed by atoms with Crippen LogP contribution in [0.15, 0.2) is 30.3 Å². The Balaban J connectivity index is 1.59. The third-order valence-corrected chi connectivity index (χ3v) is 7.39. The van der Waals surface area contributed by atoms with E-state index in [2.05, 4.69) is 25.8 Å². The Hall–Kier alpha value is -3.29. The molecule has 13 heteroatoms. The van der Waals surface area contributed by atoms with Gasteiger partial charge in [0.2, 0.25) is 5.82 Å². The Bertz CT molecular complexity index is 1340. The first-order valence-corrected chi connectivity index (χ1v) is 12.0. The van der Waals surface area contributed by atoms with E-state index in [9.17, 15) is 17.6 Å². The molecule has 1 amide bonds. The molecule has 2 aromatic heterocycles. The highest BCUT2D eigenvalue weighted by Gasteiger charge is 2.30. The highest BCUT2D eigenvalue weighted by Crippen LogP contribution is 2.26. The minimum atomic E-state index is -3.63. The fraction of sp³-hybridized carbons (Fsp3) is 0.381. The molecule has 4 rings (SSSR count).